The summed E-state index contributed by atoms with van der Waals surface area (Å²) in [4.78, 5) is 12.1. The van der Waals surface area contributed by atoms with Crippen molar-refractivity contribution in [2.75, 3.05) is 7.11 Å². The number of aliphatic hydroxyl groups is 2. The Labute approximate surface area is 157 Å². The van der Waals surface area contributed by atoms with Crippen LogP contribution in [0.5, 0.6) is 0 Å². The van der Waals surface area contributed by atoms with E-state index in [4.69, 9.17) is 9.47 Å². The molecule has 0 radical (unpaired) electrons. The van der Waals surface area contributed by atoms with Crippen molar-refractivity contribution in [1.82, 2.24) is 0 Å². The molecule has 2 aliphatic heterocycles. The fraction of sp³-hybridized carbons (Fsp3) is 0.762. The molecule has 0 aromatic heterocycles. The predicted molar refractivity (Wildman–Crippen MR) is 101 cm³/mol. The molecule has 0 aliphatic carbocycles. The van der Waals surface area contributed by atoms with Crippen LogP contribution < -0.4 is 0 Å². The van der Waals surface area contributed by atoms with Crippen LogP contribution in [-0.4, -0.2) is 46.2 Å². The van der Waals surface area contributed by atoms with Crippen molar-refractivity contribution in [1.29, 1.82) is 0 Å². The topological polar surface area (TPSA) is 76.0 Å². The van der Waals surface area contributed by atoms with Crippen LogP contribution in [0.2, 0.25) is 0 Å². The number of allylic oxidation sites excluding steroid dienone is 1. The van der Waals surface area contributed by atoms with Crippen molar-refractivity contribution in [3.8, 4) is 0 Å². The normalized spacial score (nSPS) is 42.2. The smallest absolute Gasteiger partial charge is 0.333 e. The van der Waals surface area contributed by atoms with Crippen LogP contribution in [0.25, 0.3) is 0 Å². The maximum Gasteiger partial charge on any atom is 0.333 e. The summed E-state index contributed by atoms with van der Waals surface area (Å²) in [7, 11) is 1.37. The number of esters is 1. The SMILES string of the molecule is COC(=O)/C1=C\CC[C@](C)(O)/C=C/[C@]2(C(C)C)CC[C@](C)(O)[C@H](CC1)O2. The first-order chi connectivity index (χ1) is 12.0. The molecule has 2 heterocycles. The van der Waals surface area contributed by atoms with Crippen LogP contribution in [0, 0.1) is 5.92 Å². The van der Waals surface area contributed by atoms with Crippen molar-refractivity contribution in [2.45, 2.75) is 89.1 Å². The lowest BCUT2D eigenvalue weighted by molar-refractivity contribution is -0.210. The lowest BCUT2D eigenvalue weighted by Gasteiger charge is -2.49. The Hall–Kier alpha value is -1.17. The van der Waals surface area contributed by atoms with E-state index in [1.807, 2.05) is 18.2 Å². The van der Waals surface area contributed by atoms with Gasteiger partial charge >= 0.3 is 5.97 Å². The zero-order chi connectivity index (χ0) is 19.6. The summed E-state index contributed by atoms with van der Waals surface area (Å²) in [6, 6.07) is 0. The highest BCUT2D eigenvalue weighted by molar-refractivity contribution is 5.88. The summed E-state index contributed by atoms with van der Waals surface area (Å²) < 4.78 is 11.3. The second-order valence-corrected chi connectivity index (χ2v) is 8.56. The molecule has 4 atom stereocenters. The van der Waals surface area contributed by atoms with E-state index in [1.165, 1.54) is 7.11 Å². The average Bonchev–Trinajstić information content (AvgIpc) is 2.56. The first-order valence-corrected chi connectivity index (χ1v) is 9.62. The molecule has 0 spiro atoms. The molecule has 0 aromatic rings. The van der Waals surface area contributed by atoms with Gasteiger partial charge in [-0.25, -0.2) is 4.79 Å². The molecule has 2 rings (SSSR count). The molecular formula is C21H34O5. The molecule has 0 unspecified atom stereocenters. The minimum atomic E-state index is -0.988. The van der Waals surface area contributed by atoms with Gasteiger partial charge in [0.2, 0.25) is 0 Å². The Kier molecular flexibility index (Phi) is 6.36. The molecule has 2 bridgehead atoms. The van der Waals surface area contributed by atoms with E-state index in [1.54, 1.807) is 13.8 Å². The van der Waals surface area contributed by atoms with Gasteiger partial charge in [-0.15, -0.1) is 0 Å². The number of methoxy groups -OCH3 is 1. The second-order valence-electron chi connectivity index (χ2n) is 8.56. The van der Waals surface area contributed by atoms with Gasteiger partial charge in [0.15, 0.2) is 0 Å². The van der Waals surface area contributed by atoms with Crippen molar-refractivity contribution in [3.05, 3.63) is 23.8 Å². The van der Waals surface area contributed by atoms with Gasteiger partial charge in [0, 0.05) is 5.57 Å². The van der Waals surface area contributed by atoms with E-state index in [2.05, 4.69) is 13.8 Å². The molecule has 148 valence electrons. The van der Waals surface area contributed by atoms with Crippen molar-refractivity contribution >= 4 is 5.97 Å². The zero-order valence-electron chi connectivity index (χ0n) is 16.7. The number of ether oxygens (including phenoxy) is 2. The Morgan fingerprint density at radius 1 is 1.23 bits per heavy atom. The Morgan fingerprint density at radius 2 is 1.92 bits per heavy atom. The monoisotopic (exact) mass is 366 g/mol. The van der Waals surface area contributed by atoms with Crippen LogP contribution in [0.15, 0.2) is 23.8 Å². The van der Waals surface area contributed by atoms with E-state index in [0.29, 0.717) is 44.1 Å². The van der Waals surface area contributed by atoms with Gasteiger partial charge < -0.3 is 19.7 Å². The molecule has 0 aromatic carbocycles. The average molecular weight is 366 g/mol. The maximum atomic E-state index is 12.1. The fourth-order valence-electron chi connectivity index (χ4n) is 3.82. The number of hydrogen-bond donors (Lipinski definition) is 2. The van der Waals surface area contributed by atoms with E-state index < -0.39 is 16.8 Å². The third-order valence-electron chi connectivity index (χ3n) is 5.94. The summed E-state index contributed by atoms with van der Waals surface area (Å²) in [6.45, 7) is 7.77. The number of hydrogen-bond acceptors (Lipinski definition) is 5. The molecule has 1 fully saturated rings. The lowest BCUT2D eigenvalue weighted by atomic mass is 9.75. The van der Waals surface area contributed by atoms with Crippen molar-refractivity contribution in [3.63, 3.8) is 0 Å². The summed E-state index contributed by atoms with van der Waals surface area (Å²) in [5, 5.41) is 21.5. The summed E-state index contributed by atoms with van der Waals surface area (Å²) in [5.41, 5.74) is -1.88. The molecule has 0 saturated carbocycles. The van der Waals surface area contributed by atoms with Gasteiger partial charge in [0.1, 0.15) is 0 Å². The van der Waals surface area contributed by atoms with Crippen molar-refractivity contribution in [2.24, 2.45) is 5.92 Å². The molecule has 26 heavy (non-hydrogen) atoms. The number of fused-ring (bicyclic) bond motifs is 2. The molecule has 0 amide bonds. The molecule has 5 nitrogen and oxygen atoms in total. The molecule has 5 heteroatoms. The highest BCUT2D eigenvalue weighted by Gasteiger charge is 2.47. The van der Waals surface area contributed by atoms with E-state index in [9.17, 15) is 15.0 Å². The van der Waals surface area contributed by atoms with E-state index in [-0.39, 0.29) is 18.0 Å². The van der Waals surface area contributed by atoms with Crippen LogP contribution >= 0.6 is 0 Å². The highest BCUT2D eigenvalue weighted by Crippen LogP contribution is 2.43. The minimum absolute atomic E-state index is 0.201. The second kappa shape index (κ2) is 7.83. The van der Waals surface area contributed by atoms with E-state index >= 15 is 0 Å². The first-order valence-electron chi connectivity index (χ1n) is 9.62. The lowest BCUT2D eigenvalue weighted by Crippen LogP contribution is -2.55. The minimum Gasteiger partial charge on any atom is -0.466 e. The first kappa shape index (κ1) is 21.1. The molecule has 2 N–H and O–H groups in total. The van der Waals surface area contributed by atoms with Gasteiger partial charge in [0.25, 0.3) is 0 Å². The number of carbonyl (C=O) groups is 1. The van der Waals surface area contributed by atoms with Gasteiger partial charge in [-0.3, -0.25) is 0 Å². The Balaban J connectivity index is 2.40. The predicted octanol–water partition coefficient (Wildman–Crippen LogP) is 3.29. The largest absolute Gasteiger partial charge is 0.466 e. The van der Waals surface area contributed by atoms with Gasteiger partial charge in [-0.2, -0.15) is 0 Å². The van der Waals surface area contributed by atoms with E-state index in [0.717, 1.165) is 0 Å². The van der Waals surface area contributed by atoms with Crippen LogP contribution in [0.3, 0.4) is 0 Å². The van der Waals surface area contributed by atoms with Gasteiger partial charge in [0.05, 0.1) is 30.0 Å². The van der Waals surface area contributed by atoms with Gasteiger partial charge in [-0.05, 0) is 58.3 Å². The van der Waals surface area contributed by atoms with Crippen LogP contribution in [-0.2, 0) is 14.3 Å². The Bertz CT molecular complexity index is 573. The summed E-state index contributed by atoms with van der Waals surface area (Å²) >= 11 is 0. The summed E-state index contributed by atoms with van der Waals surface area (Å²) in [5.74, 6) is -0.158. The van der Waals surface area contributed by atoms with Crippen LogP contribution in [0.1, 0.15) is 66.2 Å². The fourth-order valence-corrected chi connectivity index (χ4v) is 3.82. The summed E-state index contributed by atoms with van der Waals surface area (Å²) in [6.07, 6.45) is 8.69. The number of rotatable bonds is 2. The third kappa shape index (κ3) is 4.76. The Morgan fingerprint density at radius 3 is 2.54 bits per heavy atom. The van der Waals surface area contributed by atoms with Crippen LogP contribution in [0.4, 0.5) is 0 Å². The molecule has 2 aliphatic rings. The third-order valence-corrected chi connectivity index (χ3v) is 5.94. The number of carbonyl (C=O) groups excluding carboxylic acids is 1. The quantitative estimate of drug-likeness (QED) is 0.579. The highest BCUT2D eigenvalue weighted by atomic mass is 16.5. The molecule has 1 saturated heterocycles. The van der Waals surface area contributed by atoms with Gasteiger partial charge in [-0.1, -0.05) is 32.1 Å². The standard InChI is InChI=1S/C21H34O5/c1-15(2)21-13-11-19(3,23)10-6-7-16(18(22)25-5)8-9-17(26-21)20(4,24)12-14-21/h7,11,13,15,17,23-24H,6,8-10,12,14H2,1-5H3/b13-11+,16-7-/t17-,19-,20-,21+/m0/s1. The maximum absolute atomic E-state index is 12.1. The zero-order valence-corrected chi connectivity index (χ0v) is 16.7. The molecular weight excluding hydrogens is 332 g/mol. The van der Waals surface area contributed by atoms with Crippen molar-refractivity contribution < 1.29 is 24.5 Å².